The van der Waals surface area contributed by atoms with Crippen molar-refractivity contribution in [3.8, 4) is 0 Å². The molecule has 1 saturated carbocycles. The van der Waals surface area contributed by atoms with Crippen molar-refractivity contribution < 1.29 is 8.78 Å². The average Bonchev–Trinajstić information content (AvgIpc) is 1.79. The van der Waals surface area contributed by atoms with Crippen LogP contribution in [0.2, 0.25) is 0 Å². The van der Waals surface area contributed by atoms with Gasteiger partial charge in [-0.25, -0.2) is 8.78 Å². The maximum atomic E-state index is 12.4. The lowest BCUT2D eigenvalue weighted by atomic mass is 9.73. The van der Waals surface area contributed by atoms with Gasteiger partial charge in [0.15, 0.2) is 0 Å². The Morgan fingerprint density at radius 3 is 2.31 bits per heavy atom. The zero-order valence-corrected chi connectivity index (χ0v) is 8.61. The molecule has 0 spiro atoms. The smallest absolute Gasteiger partial charge is 0.257 e. The Kier molecular flexibility index (Phi) is 3.28. The van der Waals surface area contributed by atoms with Crippen molar-refractivity contribution in [1.29, 1.82) is 0 Å². The molecule has 0 saturated heterocycles. The second-order valence-electron chi connectivity index (χ2n) is 4.62. The molecule has 1 aliphatic carbocycles. The van der Waals surface area contributed by atoms with Crippen LogP contribution in [0.5, 0.6) is 0 Å². The monoisotopic (exact) mass is 191 g/mol. The standard InChI is InChI=1S/C10H19F2N/c1-7(2)8-4-9(5-8)13-6-10(3,11)12/h7-9,13H,4-6H2,1-3H3. The zero-order valence-electron chi connectivity index (χ0n) is 8.61. The van der Waals surface area contributed by atoms with E-state index in [1.54, 1.807) is 0 Å². The van der Waals surface area contributed by atoms with Crippen LogP contribution in [-0.2, 0) is 0 Å². The second-order valence-corrected chi connectivity index (χ2v) is 4.62. The Morgan fingerprint density at radius 2 is 1.92 bits per heavy atom. The first-order valence-corrected chi connectivity index (χ1v) is 4.99. The summed E-state index contributed by atoms with van der Waals surface area (Å²) in [5.74, 6) is -1.13. The number of hydrogen-bond donors (Lipinski definition) is 1. The van der Waals surface area contributed by atoms with Gasteiger partial charge in [-0.1, -0.05) is 13.8 Å². The topological polar surface area (TPSA) is 12.0 Å². The molecule has 0 radical (unpaired) electrons. The van der Waals surface area contributed by atoms with E-state index in [0.29, 0.717) is 12.0 Å². The van der Waals surface area contributed by atoms with Gasteiger partial charge in [0.25, 0.3) is 5.92 Å². The Bertz CT molecular complexity index is 157. The molecule has 0 aliphatic heterocycles. The van der Waals surface area contributed by atoms with Crippen molar-refractivity contribution >= 4 is 0 Å². The minimum Gasteiger partial charge on any atom is -0.308 e. The number of rotatable bonds is 4. The summed E-state index contributed by atoms with van der Waals surface area (Å²) in [5, 5.41) is 2.89. The van der Waals surface area contributed by atoms with Crippen molar-refractivity contribution in [2.75, 3.05) is 6.54 Å². The lowest BCUT2D eigenvalue weighted by Gasteiger charge is -2.39. The van der Waals surface area contributed by atoms with E-state index in [4.69, 9.17) is 0 Å². The molecule has 78 valence electrons. The van der Waals surface area contributed by atoms with E-state index in [1.807, 2.05) is 0 Å². The third kappa shape index (κ3) is 3.59. The minimum atomic E-state index is -2.57. The summed E-state index contributed by atoms with van der Waals surface area (Å²) >= 11 is 0. The highest BCUT2D eigenvalue weighted by molar-refractivity contribution is 4.87. The van der Waals surface area contributed by atoms with Gasteiger partial charge in [-0.3, -0.25) is 0 Å². The third-order valence-electron chi connectivity index (χ3n) is 2.82. The average molecular weight is 191 g/mol. The van der Waals surface area contributed by atoms with Crippen LogP contribution in [0, 0.1) is 11.8 Å². The predicted molar refractivity (Wildman–Crippen MR) is 50.0 cm³/mol. The summed E-state index contributed by atoms with van der Waals surface area (Å²) < 4.78 is 24.9. The van der Waals surface area contributed by atoms with Gasteiger partial charge >= 0.3 is 0 Å². The molecular formula is C10H19F2N. The van der Waals surface area contributed by atoms with Crippen LogP contribution >= 0.6 is 0 Å². The van der Waals surface area contributed by atoms with Gasteiger partial charge in [-0.15, -0.1) is 0 Å². The molecule has 1 N–H and O–H groups in total. The number of halogens is 2. The van der Waals surface area contributed by atoms with Crippen molar-refractivity contribution in [1.82, 2.24) is 5.32 Å². The molecule has 0 bridgehead atoms. The molecule has 1 rings (SSSR count). The first-order valence-electron chi connectivity index (χ1n) is 4.99. The van der Waals surface area contributed by atoms with E-state index in [0.717, 1.165) is 25.7 Å². The molecule has 0 aromatic rings. The van der Waals surface area contributed by atoms with Gasteiger partial charge in [0.2, 0.25) is 0 Å². The van der Waals surface area contributed by atoms with E-state index in [9.17, 15) is 8.78 Å². The summed E-state index contributed by atoms with van der Waals surface area (Å²) in [7, 11) is 0. The van der Waals surface area contributed by atoms with Crippen molar-refractivity contribution in [3.63, 3.8) is 0 Å². The quantitative estimate of drug-likeness (QED) is 0.720. The van der Waals surface area contributed by atoms with E-state index in [1.165, 1.54) is 0 Å². The van der Waals surface area contributed by atoms with Gasteiger partial charge in [-0.05, 0) is 24.7 Å². The van der Waals surface area contributed by atoms with Crippen LogP contribution in [0.1, 0.15) is 33.6 Å². The molecule has 1 nitrogen and oxygen atoms in total. The fraction of sp³-hybridized carbons (Fsp3) is 1.00. The third-order valence-corrected chi connectivity index (χ3v) is 2.82. The van der Waals surface area contributed by atoms with Gasteiger partial charge in [0.1, 0.15) is 0 Å². The Labute approximate surface area is 78.9 Å². The van der Waals surface area contributed by atoms with E-state index in [-0.39, 0.29) is 6.54 Å². The summed E-state index contributed by atoms with van der Waals surface area (Å²) in [4.78, 5) is 0. The van der Waals surface area contributed by atoms with E-state index >= 15 is 0 Å². The zero-order chi connectivity index (χ0) is 10.1. The highest BCUT2D eigenvalue weighted by Crippen LogP contribution is 2.33. The lowest BCUT2D eigenvalue weighted by molar-refractivity contribution is 0.0124. The van der Waals surface area contributed by atoms with Crippen LogP contribution in [0.25, 0.3) is 0 Å². The fourth-order valence-electron chi connectivity index (χ4n) is 1.70. The molecule has 0 atom stereocenters. The van der Waals surface area contributed by atoms with Gasteiger partial charge < -0.3 is 5.32 Å². The van der Waals surface area contributed by atoms with Gasteiger partial charge in [0.05, 0.1) is 6.54 Å². The van der Waals surface area contributed by atoms with Crippen LogP contribution < -0.4 is 5.32 Å². The molecule has 3 heteroatoms. The largest absolute Gasteiger partial charge is 0.308 e. The Hall–Kier alpha value is -0.180. The summed E-state index contributed by atoms with van der Waals surface area (Å²) in [6.07, 6.45) is 2.13. The normalized spacial score (nSPS) is 29.1. The fourth-order valence-corrected chi connectivity index (χ4v) is 1.70. The summed E-state index contributed by atoms with van der Waals surface area (Å²) in [5.41, 5.74) is 0. The van der Waals surface area contributed by atoms with Crippen molar-refractivity contribution in [2.45, 2.75) is 45.6 Å². The second kappa shape index (κ2) is 3.91. The first-order chi connectivity index (χ1) is 5.88. The first kappa shape index (κ1) is 10.9. The predicted octanol–water partition coefficient (Wildman–Crippen LogP) is 2.67. The van der Waals surface area contributed by atoms with Gasteiger partial charge in [-0.2, -0.15) is 0 Å². The molecule has 0 amide bonds. The van der Waals surface area contributed by atoms with Crippen molar-refractivity contribution in [2.24, 2.45) is 11.8 Å². The Morgan fingerprint density at radius 1 is 1.38 bits per heavy atom. The van der Waals surface area contributed by atoms with Crippen LogP contribution in [-0.4, -0.2) is 18.5 Å². The van der Waals surface area contributed by atoms with Gasteiger partial charge in [0, 0.05) is 13.0 Å². The Balaban J connectivity index is 2.09. The SMILES string of the molecule is CC(C)C1CC(NCC(C)(F)F)C1. The molecule has 0 aromatic heterocycles. The summed E-state index contributed by atoms with van der Waals surface area (Å²) in [6, 6.07) is 0.332. The molecule has 13 heavy (non-hydrogen) atoms. The molecule has 0 aromatic carbocycles. The maximum absolute atomic E-state index is 12.4. The molecule has 1 fully saturated rings. The number of alkyl halides is 2. The summed E-state index contributed by atoms with van der Waals surface area (Å²) in [6.45, 7) is 5.16. The van der Waals surface area contributed by atoms with E-state index < -0.39 is 5.92 Å². The van der Waals surface area contributed by atoms with Crippen LogP contribution in [0.3, 0.4) is 0 Å². The highest BCUT2D eigenvalue weighted by Gasteiger charge is 2.32. The lowest BCUT2D eigenvalue weighted by Crippen LogP contribution is -2.46. The molecule has 0 heterocycles. The molecule has 1 aliphatic rings. The maximum Gasteiger partial charge on any atom is 0.257 e. The molecular weight excluding hydrogens is 172 g/mol. The number of hydrogen-bond acceptors (Lipinski definition) is 1. The van der Waals surface area contributed by atoms with Crippen molar-refractivity contribution in [3.05, 3.63) is 0 Å². The van der Waals surface area contributed by atoms with E-state index in [2.05, 4.69) is 19.2 Å². The number of nitrogens with one attached hydrogen (secondary N) is 1. The molecule has 0 unspecified atom stereocenters. The minimum absolute atomic E-state index is 0.178. The highest BCUT2D eigenvalue weighted by atomic mass is 19.3. The van der Waals surface area contributed by atoms with Crippen LogP contribution in [0.15, 0.2) is 0 Å². The van der Waals surface area contributed by atoms with Crippen LogP contribution in [0.4, 0.5) is 8.78 Å².